The van der Waals surface area contributed by atoms with Crippen LogP contribution in [0.4, 0.5) is 10.5 Å². The van der Waals surface area contributed by atoms with Gasteiger partial charge in [0.1, 0.15) is 6.33 Å². The number of carbonyl (C=O) groups is 2. The smallest absolute Gasteiger partial charge is 0.315 e. The highest BCUT2D eigenvalue weighted by molar-refractivity contribution is 5.95. The van der Waals surface area contributed by atoms with Gasteiger partial charge in [0.15, 0.2) is 5.82 Å². The second kappa shape index (κ2) is 7.78. The Bertz CT molecular complexity index is 757. The number of carbonyl (C=O) groups excluding carboxylic acids is 2. The summed E-state index contributed by atoms with van der Waals surface area (Å²) in [6.07, 6.45) is 3.14. The molecule has 0 unspecified atom stereocenters. The number of urea groups is 1. The van der Waals surface area contributed by atoms with Gasteiger partial charge < -0.3 is 20.1 Å². The Balaban J connectivity index is 1.51. The Morgan fingerprint density at radius 3 is 2.88 bits per heavy atom. The molecule has 3 rings (SSSR count). The number of benzene rings is 1. The Morgan fingerprint density at radius 2 is 2.12 bits per heavy atom. The van der Waals surface area contributed by atoms with Crippen LogP contribution in [0.1, 0.15) is 31.2 Å². The van der Waals surface area contributed by atoms with Gasteiger partial charge in [-0.1, -0.05) is 12.1 Å². The van der Waals surface area contributed by atoms with E-state index in [0.29, 0.717) is 25.3 Å². The molecule has 2 heterocycles. The van der Waals surface area contributed by atoms with Gasteiger partial charge in [-0.2, -0.15) is 0 Å². The van der Waals surface area contributed by atoms with Crippen molar-refractivity contribution in [3.63, 3.8) is 0 Å². The number of nitrogens with zero attached hydrogens (tertiary/aromatic N) is 4. The van der Waals surface area contributed by atoms with E-state index in [4.69, 9.17) is 0 Å². The lowest BCUT2D eigenvalue weighted by Gasteiger charge is -2.16. The first-order valence-corrected chi connectivity index (χ1v) is 8.45. The maximum atomic E-state index is 12.0. The quantitative estimate of drug-likeness (QED) is 0.830. The van der Waals surface area contributed by atoms with E-state index in [1.807, 2.05) is 35.8 Å². The highest BCUT2D eigenvalue weighted by atomic mass is 16.2. The van der Waals surface area contributed by atoms with Crippen molar-refractivity contribution < 1.29 is 9.59 Å². The minimum absolute atomic E-state index is 0.155. The molecule has 2 aromatic rings. The van der Waals surface area contributed by atoms with E-state index in [-0.39, 0.29) is 11.9 Å². The monoisotopic (exact) mass is 342 g/mol. The van der Waals surface area contributed by atoms with Gasteiger partial charge in [-0.3, -0.25) is 4.79 Å². The molecule has 0 bridgehead atoms. The lowest BCUT2D eigenvalue weighted by molar-refractivity contribution is -0.117. The van der Waals surface area contributed by atoms with Crippen LogP contribution in [0.15, 0.2) is 30.6 Å². The van der Waals surface area contributed by atoms with Crippen LogP contribution in [-0.4, -0.2) is 33.2 Å². The average molecular weight is 342 g/mol. The summed E-state index contributed by atoms with van der Waals surface area (Å²) in [5.74, 6) is 0.870. The molecule has 0 atom stereocenters. The molecule has 1 aliphatic rings. The Labute approximate surface area is 146 Å². The first-order chi connectivity index (χ1) is 12.2. The Morgan fingerprint density at radius 1 is 1.28 bits per heavy atom. The van der Waals surface area contributed by atoms with Crippen molar-refractivity contribution in [2.24, 2.45) is 0 Å². The number of nitrogens with one attached hydrogen (secondary N) is 2. The summed E-state index contributed by atoms with van der Waals surface area (Å²) in [4.78, 5) is 25.6. The summed E-state index contributed by atoms with van der Waals surface area (Å²) in [7, 11) is 0. The molecule has 1 fully saturated rings. The second-order valence-corrected chi connectivity index (χ2v) is 5.89. The van der Waals surface area contributed by atoms with Crippen LogP contribution in [0, 0.1) is 0 Å². The topological polar surface area (TPSA) is 92.2 Å². The van der Waals surface area contributed by atoms with Crippen molar-refractivity contribution in [3.8, 4) is 0 Å². The highest BCUT2D eigenvalue weighted by Crippen LogP contribution is 2.22. The predicted molar refractivity (Wildman–Crippen MR) is 92.8 cm³/mol. The van der Waals surface area contributed by atoms with Crippen LogP contribution < -0.4 is 15.5 Å². The van der Waals surface area contributed by atoms with E-state index in [2.05, 4.69) is 20.8 Å². The first-order valence-electron chi connectivity index (χ1n) is 8.45. The van der Waals surface area contributed by atoms with Crippen molar-refractivity contribution >= 4 is 17.6 Å². The standard InChI is InChI=1S/C17H22N6O2/c1-2-22-12-20-21-15(22)11-19-17(25)18-10-13-5-3-6-14(9-13)23-8-4-7-16(23)24/h3,5-6,9,12H,2,4,7-8,10-11H2,1H3,(H2,18,19,25). The molecule has 0 aliphatic carbocycles. The van der Waals surface area contributed by atoms with E-state index in [0.717, 1.165) is 30.8 Å². The normalized spacial score (nSPS) is 14.0. The van der Waals surface area contributed by atoms with Gasteiger partial charge in [0.25, 0.3) is 0 Å². The molecule has 3 amide bonds. The summed E-state index contributed by atoms with van der Waals surface area (Å²) in [6.45, 7) is 4.22. The molecule has 0 saturated carbocycles. The molecule has 1 aliphatic heterocycles. The van der Waals surface area contributed by atoms with E-state index in [1.54, 1.807) is 11.2 Å². The van der Waals surface area contributed by atoms with Gasteiger partial charge in [-0.05, 0) is 31.0 Å². The Hall–Kier alpha value is -2.90. The molecule has 1 aromatic heterocycles. The van der Waals surface area contributed by atoms with Crippen LogP contribution in [0.2, 0.25) is 0 Å². The number of rotatable bonds is 6. The highest BCUT2D eigenvalue weighted by Gasteiger charge is 2.21. The van der Waals surface area contributed by atoms with Gasteiger partial charge in [0.2, 0.25) is 5.91 Å². The zero-order valence-corrected chi connectivity index (χ0v) is 14.2. The third-order valence-electron chi connectivity index (χ3n) is 4.19. The second-order valence-electron chi connectivity index (χ2n) is 5.89. The average Bonchev–Trinajstić information content (AvgIpc) is 3.26. The fraction of sp³-hybridized carbons (Fsp3) is 0.412. The zero-order chi connectivity index (χ0) is 17.6. The van der Waals surface area contributed by atoms with E-state index in [1.165, 1.54) is 0 Å². The number of hydrogen-bond acceptors (Lipinski definition) is 4. The Kier molecular flexibility index (Phi) is 5.27. The largest absolute Gasteiger partial charge is 0.334 e. The van der Waals surface area contributed by atoms with Gasteiger partial charge in [-0.15, -0.1) is 10.2 Å². The third kappa shape index (κ3) is 4.14. The van der Waals surface area contributed by atoms with Crippen LogP contribution in [0.3, 0.4) is 0 Å². The van der Waals surface area contributed by atoms with Crippen molar-refractivity contribution in [1.29, 1.82) is 0 Å². The maximum Gasteiger partial charge on any atom is 0.315 e. The lowest BCUT2D eigenvalue weighted by atomic mass is 10.2. The number of anilines is 1. The molecule has 0 spiro atoms. The lowest BCUT2D eigenvalue weighted by Crippen LogP contribution is -2.35. The molecule has 132 valence electrons. The molecule has 2 N–H and O–H groups in total. The number of amides is 3. The van der Waals surface area contributed by atoms with Gasteiger partial charge >= 0.3 is 6.03 Å². The van der Waals surface area contributed by atoms with Crippen LogP contribution >= 0.6 is 0 Å². The maximum absolute atomic E-state index is 12.0. The summed E-state index contributed by atoms with van der Waals surface area (Å²) < 4.78 is 1.87. The summed E-state index contributed by atoms with van der Waals surface area (Å²) in [6, 6.07) is 7.42. The fourth-order valence-corrected chi connectivity index (χ4v) is 2.84. The minimum Gasteiger partial charge on any atom is -0.334 e. The van der Waals surface area contributed by atoms with Crippen LogP contribution in [0.25, 0.3) is 0 Å². The molecule has 0 radical (unpaired) electrons. The van der Waals surface area contributed by atoms with E-state index >= 15 is 0 Å². The van der Waals surface area contributed by atoms with Crippen molar-refractivity contribution in [1.82, 2.24) is 25.4 Å². The number of hydrogen-bond donors (Lipinski definition) is 2. The van der Waals surface area contributed by atoms with Crippen LogP contribution in [0.5, 0.6) is 0 Å². The molecular formula is C17H22N6O2. The number of aryl methyl sites for hydroxylation is 1. The molecule has 8 nitrogen and oxygen atoms in total. The number of aromatic nitrogens is 3. The van der Waals surface area contributed by atoms with Crippen molar-refractivity contribution in [2.45, 2.75) is 39.4 Å². The minimum atomic E-state index is -0.270. The fourth-order valence-electron chi connectivity index (χ4n) is 2.84. The van der Waals surface area contributed by atoms with Gasteiger partial charge in [-0.25, -0.2) is 4.79 Å². The summed E-state index contributed by atoms with van der Waals surface area (Å²) in [5, 5.41) is 13.4. The third-order valence-corrected chi connectivity index (χ3v) is 4.19. The molecular weight excluding hydrogens is 320 g/mol. The molecule has 25 heavy (non-hydrogen) atoms. The summed E-state index contributed by atoms with van der Waals surface area (Å²) >= 11 is 0. The van der Waals surface area contributed by atoms with E-state index < -0.39 is 0 Å². The molecule has 8 heteroatoms. The van der Waals surface area contributed by atoms with Crippen molar-refractivity contribution in [3.05, 3.63) is 42.0 Å². The van der Waals surface area contributed by atoms with Gasteiger partial charge in [0, 0.05) is 31.7 Å². The van der Waals surface area contributed by atoms with E-state index in [9.17, 15) is 9.59 Å². The summed E-state index contributed by atoms with van der Waals surface area (Å²) in [5.41, 5.74) is 1.84. The SMILES string of the molecule is CCn1cnnc1CNC(=O)NCc1cccc(N2CCCC2=O)c1. The first kappa shape index (κ1) is 16.9. The molecule has 1 aromatic carbocycles. The van der Waals surface area contributed by atoms with Crippen molar-refractivity contribution in [2.75, 3.05) is 11.4 Å². The van der Waals surface area contributed by atoms with Gasteiger partial charge in [0.05, 0.1) is 6.54 Å². The predicted octanol–water partition coefficient (Wildman–Crippen LogP) is 1.42. The zero-order valence-electron chi connectivity index (χ0n) is 14.2. The molecule has 1 saturated heterocycles. The van der Waals surface area contributed by atoms with Crippen LogP contribution in [-0.2, 0) is 24.4 Å².